The number of aliphatic hydroxyl groups excluding tert-OH is 2. The van der Waals surface area contributed by atoms with Crippen LogP contribution in [-0.4, -0.2) is 55.4 Å². The largest absolute Gasteiger partial charge is 0.393 e. The Morgan fingerprint density at radius 3 is 1.86 bits per heavy atom. The van der Waals surface area contributed by atoms with Crippen molar-refractivity contribution in [2.75, 3.05) is 0 Å². The van der Waals surface area contributed by atoms with E-state index in [1.165, 1.54) is 5.57 Å². The molecule has 232 valence electrons. The first-order chi connectivity index (χ1) is 19.2. The van der Waals surface area contributed by atoms with Gasteiger partial charge in [-0.25, -0.2) is 0 Å². The van der Waals surface area contributed by atoms with Crippen LogP contribution in [0.2, 0.25) is 0 Å². The number of allylic oxidation sites excluding steroid dienone is 2. The predicted octanol–water partition coefficient (Wildman–Crippen LogP) is 4.92. The maximum absolute atomic E-state index is 14.9. The topological polar surface area (TPSA) is 115 Å². The standard InChI is InChI=1S/C36H52O6/c1-30(2)19-10-9-18-25(33(19,6)15-13-23(30)38)27-29(40)35(8,42)26(18)28-34(7,41)24(39)17-21-32(5)14-12-22(37)31(3,4)20(32)11-16-36(21,27)28/h17,19-20,22-23,26-28,37-38,41-42H,9-16H2,1-8H3/t19-,20-,22+,23-,26-,27-,28-,32-,33-,34-,35+,36-/m0/s1. The summed E-state index contributed by atoms with van der Waals surface area (Å²) in [6.45, 7) is 16.4. The van der Waals surface area contributed by atoms with Gasteiger partial charge in [-0.15, -0.1) is 0 Å². The highest BCUT2D eigenvalue weighted by Gasteiger charge is 2.79. The number of carbonyl (C=O) groups is 2. The molecular weight excluding hydrogens is 528 g/mol. The molecule has 4 fully saturated rings. The molecule has 0 aliphatic heterocycles. The summed E-state index contributed by atoms with van der Waals surface area (Å²) in [7, 11) is 0. The van der Waals surface area contributed by atoms with Gasteiger partial charge in [0.05, 0.1) is 18.1 Å². The van der Waals surface area contributed by atoms with Crippen LogP contribution in [0.3, 0.4) is 0 Å². The summed E-state index contributed by atoms with van der Waals surface area (Å²) < 4.78 is 0. The van der Waals surface area contributed by atoms with E-state index >= 15 is 0 Å². The zero-order valence-corrected chi connectivity index (χ0v) is 26.9. The Balaban J connectivity index is 1.52. The normalized spacial score (nSPS) is 55.6. The second-order valence-electron chi connectivity index (χ2n) is 17.7. The Labute approximate surface area is 251 Å². The van der Waals surface area contributed by atoms with Gasteiger partial charge < -0.3 is 20.4 Å². The molecule has 8 aliphatic carbocycles. The van der Waals surface area contributed by atoms with Gasteiger partial charge in [-0.1, -0.05) is 58.3 Å². The molecule has 4 saturated carbocycles. The summed E-state index contributed by atoms with van der Waals surface area (Å²) in [6, 6.07) is 0. The third kappa shape index (κ3) is 2.98. The van der Waals surface area contributed by atoms with Crippen molar-refractivity contribution in [1.29, 1.82) is 0 Å². The second kappa shape index (κ2) is 8.08. The summed E-state index contributed by atoms with van der Waals surface area (Å²) in [4.78, 5) is 28.9. The van der Waals surface area contributed by atoms with Crippen molar-refractivity contribution in [3.05, 3.63) is 22.8 Å². The molecule has 2 bridgehead atoms. The first kappa shape index (κ1) is 29.4. The van der Waals surface area contributed by atoms with Gasteiger partial charge in [-0.2, -0.15) is 0 Å². The van der Waals surface area contributed by atoms with Crippen molar-refractivity contribution < 1.29 is 30.0 Å². The van der Waals surface area contributed by atoms with Gasteiger partial charge in [0, 0.05) is 17.3 Å². The summed E-state index contributed by atoms with van der Waals surface area (Å²) in [5.41, 5.74) is -2.26. The first-order valence-electron chi connectivity index (χ1n) is 16.6. The van der Waals surface area contributed by atoms with Crippen molar-refractivity contribution in [3.8, 4) is 0 Å². The zero-order valence-electron chi connectivity index (χ0n) is 26.9. The lowest BCUT2D eigenvalue weighted by molar-refractivity contribution is -0.218. The first-order valence-corrected chi connectivity index (χ1v) is 16.6. The number of ketones is 2. The highest BCUT2D eigenvalue weighted by Crippen LogP contribution is 2.79. The molecule has 6 nitrogen and oxygen atoms in total. The maximum Gasteiger partial charge on any atom is 0.187 e. The quantitative estimate of drug-likeness (QED) is 0.303. The predicted molar refractivity (Wildman–Crippen MR) is 159 cm³/mol. The van der Waals surface area contributed by atoms with E-state index in [1.807, 2.05) is 0 Å². The van der Waals surface area contributed by atoms with Crippen LogP contribution in [0.1, 0.15) is 107 Å². The molecule has 6 heteroatoms. The van der Waals surface area contributed by atoms with E-state index in [2.05, 4.69) is 41.5 Å². The number of hydrogen-bond donors (Lipinski definition) is 4. The molecule has 0 saturated heterocycles. The van der Waals surface area contributed by atoms with Crippen LogP contribution in [0.15, 0.2) is 22.8 Å². The molecule has 4 N–H and O–H groups in total. The van der Waals surface area contributed by atoms with Crippen molar-refractivity contribution >= 4 is 11.6 Å². The SMILES string of the molecule is CC1(C)[C@H](O)CC[C@]2(C)C3=CC(=O)[C@](C)(O)[C@@H]4[C@@H]5C6=C([C@@H](C(=O)[C@]5(C)O)[C@]34CC[C@@H]12)[C@@]1(C)CC[C@H](O)C(C)(C)[C@@H]1CC6. The highest BCUT2D eigenvalue weighted by molar-refractivity contribution is 6.03. The number of fused-ring (bicyclic) bond motifs is 4. The van der Waals surface area contributed by atoms with E-state index in [1.54, 1.807) is 19.9 Å². The fourth-order valence-electron chi connectivity index (χ4n) is 13.4. The Bertz CT molecular complexity index is 1350. The molecule has 0 aromatic carbocycles. The monoisotopic (exact) mass is 580 g/mol. The Hall–Kier alpha value is -1.34. The summed E-state index contributed by atoms with van der Waals surface area (Å²) >= 11 is 0. The molecule has 0 radical (unpaired) electrons. The molecular formula is C36H52O6. The summed E-state index contributed by atoms with van der Waals surface area (Å²) in [6.07, 6.45) is 6.70. The maximum atomic E-state index is 14.9. The number of Topliss-reactive ketones (excluding diaryl/α,β-unsaturated/α-hetero) is 1. The lowest BCUT2D eigenvalue weighted by Crippen LogP contribution is -2.77. The van der Waals surface area contributed by atoms with Crippen molar-refractivity contribution in [1.82, 2.24) is 0 Å². The molecule has 1 spiro atoms. The minimum absolute atomic E-state index is 0.130. The number of hydrogen-bond acceptors (Lipinski definition) is 6. The molecule has 8 rings (SSSR count). The molecule has 0 aromatic rings. The molecule has 0 unspecified atom stereocenters. The van der Waals surface area contributed by atoms with Crippen LogP contribution in [0.25, 0.3) is 0 Å². The average Bonchev–Trinajstić information content (AvgIpc) is 2.88. The van der Waals surface area contributed by atoms with Crippen molar-refractivity contribution in [2.45, 2.75) is 130 Å². The lowest BCUT2D eigenvalue weighted by atomic mass is 9.29. The molecule has 0 heterocycles. The van der Waals surface area contributed by atoms with Gasteiger partial charge in [0.2, 0.25) is 0 Å². The van der Waals surface area contributed by atoms with E-state index in [9.17, 15) is 30.0 Å². The minimum atomic E-state index is -1.71. The van der Waals surface area contributed by atoms with Gasteiger partial charge >= 0.3 is 0 Å². The Morgan fingerprint density at radius 1 is 0.714 bits per heavy atom. The van der Waals surface area contributed by atoms with Crippen LogP contribution in [-0.2, 0) is 9.59 Å². The second-order valence-corrected chi connectivity index (χ2v) is 17.7. The molecule has 0 amide bonds. The van der Waals surface area contributed by atoms with Crippen LogP contribution >= 0.6 is 0 Å². The Morgan fingerprint density at radius 2 is 1.26 bits per heavy atom. The van der Waals surface area contributed by atoms with Gasteiger partial charge in [0.15, 0.2) is 11.6 Å². The fourth-order valence-corrected chi connectivity index (χ4v) is 13.4. The van der Waals surface area contributed by atoms with Crippen LogP contribution < -0.4 is 0 Å². The van der Waals surface area contributed by atoms with E-state index in [-0.39, 0.29) is 39.6 Å². The van der Waals surface area contributed by atoms with Gasteiger partial charge in [-0.05, 0) is 105 Å². The van der Waals surface area contributed by atoms with Gasteiger partial charge in [0.25, 0.3) is 0 Å². The van der Waals surface area contributed by atoms with Gasteiger partial charge in [-0.3, -0.25) is 9.59 Å². The molecule has 8 aliphatic rings. The fraction of sp³-hybridized carbons (Fsp3) is 0.833. The number of rotatable bonds is 0. The summed E-state index contributed by atoms with van der Waals surface area (Å²) in [5, 5.41) is 46.6. The minimum Gasteiger partial charge on any atom is -0.393 e. The third-order valence-corrected chi connectivity index (χ3v) is 15.4. The van der Waals surface area contributed by atoms with Gasteiger partial charge in [0.1, 0.15) is 11.2 Å². The van der Waals surface area contributed by atoms with E-state index < -0.39 is 52.0 Å². The van der Waals surface area contributed by atoms with Crippen LogP contribution in [0.5, 0.6) is 0 Å². The number of aliphatic hydroxyl groups is 4. The average molecular weight is 581 g/mol. The van der Waals surface area contributed by atoms with E-state index in [4.69, 9.17) is 0 Å². The summed E-state index contributed by atoms with van der Waals surface area (Å²) in [5.74, 6) is -2.00. The highest BCUT2D eigenvalue weighted by atomic mass is 16.3. The Kier molecular flexibility index (Phi) is 5.65. The molecule has 12 atom stereocenters. The molecule has 0 aromatic heterocycles. The zero-order chi connectivity index (χ0) is 30.8. The van der Waals surface area contributed by atoms with Crippen molar-refractivity contribution in [2.24, 2.45) is 56.7 Å². The number of carbonyl (C=O) groups excluding carboxylic acids is 2. The van der Waals surface area contributed by atoms with E-state index in [0.29, 0.717) is 25.7 Å². The van der Waals surface area contributed by atoms with Crippen molar-refractivity contribution in [3.63, 3.8) is 0 Å². The smallest absolute Gasteiger partial charge is 0.187 e. The van der Waals surface area contributed by atoms with Crippen LogP contribution in [0.4, 0.5) is 0 Å². The van der Waals surface area contributed by atoms with E-state index in [0.717, 1.165) is 36.8 Å². The molecule has 42 heavy (non-hydrogen) atoms. The van der Waals surface area contributed by atoms with Crippen LogP contribution in [0, 0.1) is 56.7 Å². The lowest BCUT2D eigenvalue weighted by Gasteiger charge is -2.74. The third-order valence-electron chi connectivity index (χ3n) is 15.4.